The predicted molar refractivity (Wildman–Crippen MR) is 79.9 cm³/mol. The maximum absolute atomic E-state index is 11.3. The molecule has 0 spiro atoms. The predicted octanol–water partition coefficient (Wildman–Crippen LogP) is 2.55. The number of aromatic nitrogens is 1. The van der Waals surface area contributed by atoms with Crippen LogP contribution in [0.25, 0.3) is 0 Å². The van der Waals surface area contributed by atoms with E-state index in [0.717, 1.165) is 30.4 Å². The van der Waals surface area contributed by atoms with Crippen LogP contribution < -0.4 is 0 Å². The number of pyridine rings is 1. The fourth-order valence-electron chi connectivity index (χ4n) is 1.70. The number of rotatable bonds is 8. The van der Waals surface area contributed by atoms with Crippen molar-refractivity contribution in [3.05, 3.63) is 30.1 Å². The molecule has 20 heavy (non-hydrogen) atoms. The second-order valence-electron chi connectivity index (χ2n) is 4.41. The van der Waals surface area contributed by atoms with Gasteiger partial charge in [-0.1, -0.05) is 17.8 Å². The van der Waals surface area contributed by atoms with E-state index in [1.807, 2.05) is 0 Å². The Morgan fingerprint density at radius 2 is 2.20 bits per heavy atom. The highest BCUT2D eigenvalue weighted by Crippen LogP contribution is 2.25. The summed E-state index contributed by atoms with van der Waals surface area (Å²) in [6, 6.07) is 3.55. The Bertz CT molecular complexity index is 516. The summed E-state index contributed by atoms with van der Waals surface area (Å²) in [4.78, 5) is 14.8. The molecule has 0 aliphatic carbocycles. The molecule has 0 aliphatic rings. The number of hydrogen-bond donors (Lipinski definition) is 0. The minimum absolute atomic E-state index is 0.0983. The van der Waals surface area contributed by atoms with Gasteiger partial charge in [0, 0.05) is 30.6 Å². The van der Waals surface area contributed by atoms with Crippen LogP contribution in [-0.2, 0) is 19.1 Å². The molecule has 0 fully saturated rings. The van der Waals surface area contributed by atoms with Gasteiger partial charge in [0.05, 0.1) is 6.26 Å². The number of unbranched alkanes of at least 4 members (excludes halogenated alkanes) is 1. The molecule has 0 unspecified atom stereocenters. The SMILES string of the molecule is CC(=O)SCCCC[C@@H](OS(C)(=O)=O)c1cccnc1. The van der Waals surface area contributed by atoms with Crippen molar-refractivity contribution in [1.29, 1.82) is 0 Å². The molecule has 112 valence electrons. The maximum Gasteiger partial charge on any atom is 0.264 e. The summed E-state index contributed by atoms with van der Waals surface area (Å²) in [6.07, 6.45) is 5.98. The van der Waals surface area contributed by atoms with Crippen molar-refractivity contribution < 1.29 is 17.4 Å². The number of carbonyl (C=O) groups excluding carboxylic acids is 1. The molecule has 1 aromatic rings. The van der Waals surface area contributed by atoms with Gasteiger partial charge in [0.2, 0.25) is 0 Å². The Hall–Kier alpha value is -0.920. The molecule has 1 atom stereocenters. The smallest absolute Gasteiger partial charge is 0.264 e. The maximum atomic E-state index is 11.3. The van der Waals surface area contributed by atoms with Gasteiger partial charge in [0.15, 0.2) is 5.12 Å². The zero-order valence-corrected chi connectivity index (χ0v) is 13.2. The lowest BCUT2D eigenvalue weighted by atomic mass is 10.1. The molecule has 0 amide bonds. The van der Waals surface area contributed by atoms with E-state index in [9.17, 15) is 13.2 Å². The first-order valence-electron chi connectivity index (χ1n) is 6.30. The van der Waals surface area contributed by atoms with Gasteiger partial charge in [-0.25, -0.2) is 0 Å². The lowest BCUT2D eigenvalue weighted by Crippen LogP contribution is -2.11. The third-order valence-corrected chi connectivity index (χ3v) is 3.99. The molecule has 5 nitrogen and oxygen atoms in total. The van der Waals surface area contributed by atoms with E-state index in [1.54, 1.807) is 24.5 Å². The Morgan fingerprint density at radius 3 is 2.75 bits per heavy atom. The van der Waals surface area contributed by atoms with Crippen molar-refractivity contribution in [3.8, 4) is 0 Å². The topological polar surface area (TPSA) is 73.3 Å². The van der Waals surface area contributed by atoms with E-state index in [-0.39, 0.29) is 5.12 Å². The van der Waals surface area contributed by atoms with Crippen molar-refractivity contribution in [2.24, 2.45) is 0 Å². The molecule has 0 saturated heterocycles. The number of hydrogen-bond acceptors (Lipinski definition) is 6. The van der Waals surface area contributed by atoms with Crippen LogP contribution in [0.3, 0.4) is 0 Å². The molecular weight excluding hydrogens is 298 g/mol. The van der Waals surface area contributed by atoms with Gasteiger partial charge in [-0.2, -0.15) is 8.42 Å². The summed E-state index contributed by atoms with van der Waals surface area (Å²) in [7, 11) is -3.51. The number of thioether (sulfide) groups is 1. The van der Waals surface area contributed by atoms with Gasteiger partial charge < -0.3 is 0 Å². The summed E-state index contributed by atoms with van der Waals surface area (Å²) < 4.78 is 27.7. The summed E-state index contributed by atoms with van der Waals surface area (Å²) in [5, 5.41) is 0.0983. The van der Waals surface area contributed by atoms with Gasteiger partial charge in [0.25, 0.3) is 10.1 Å². The van der Waals surface area contributed by atoms with E-state index in [1.165, 1.54) is 18.7 Å². The number of carbonyl (C=O) groups is 1. The van der Waals surface area contributed by atoms with Gasteiger partial charge in [-0.3, -0.25) is 14.0 Å². The first-order chi connectivity index (χ1) is 9.38. The Kier molecular flexibility index (Phi) is 7.18. The lowest BCUT2D eigenvalue weighted by Gasteiger charge is -2.16. The van der Waals surface area contributed by atoms with Crippen molar-refractivity contribution in [2.75, 3.05) is 12.0 Å². The van der Waals surface area contributed by atoms with Gasteiger partial charge in [0.1, 0.15) is 6.10 Å². The second-order valence-corrected chi connectivity index (χ2v) is 7.28. The summed E-state index contributed by atoms with van der Waals surface area (Å²) in [5.41, 5.74) is 0.747. The lowest BCUT2D eigenvalue weighted by molar-refractivity contribution is -0.109. The quantitative estimate of drug-likeness (QED) is 0.542. The third kappa shape index (κ3) is 7.62. The highest BCUT2D eigenvalue weighted by atomic mass is 32.2. The van der Waals surface area contributed by atoms with Crippen molar-refractivity contribution in [3.63, 3.8) is 0 Å². The zero-order chi connectivity index (χ0) is 15.0. The first kappa shape index (κ1) is 17.1. The van der Waals surface area contributed by atoms with Crippen molar-refractivity contribution >= 4 is 27.0 Å². The Balaban J connectivity index is 2.54. The zero-order valence-electron chi connectivity index (χ0n) is 11.6. The van der Waals surface area contributed by atoms with Crippen molar-refractivity contribution in [2.45, 2.75) is 32.3 Å². The fourth-order valence-corrected chi connectivity index (χ4v) is 2.96. The Morgan fingerprint density at radius 1 is 1.45 bits per heavy atom. The summed E-state index contributed by atoms with van der Waals surface area (Å²) in [5.74, 6) is 0.744. The molecule has 0 radical (unpaired) electrons. The van der Waals surface area contributed by atoms with Crippen LogP contribution in [-0.4, -0.2) is 30.5 Å². The first-order valence-corrected chi connectivity index (χ1v) is 9.10. The van der Waals surface area contributed by atoms with E-state index >= 15 is 0 Å². The van der Waals surface area contributed by atoms with Crippen LogP contribution in [0.2, 0.25) is 0 Å². The average Bonchev–Trinajstić information content (AvgIpc) is 2.36. The molecule has 7 heteroatoms. The van der Waals surface area contributed by atoms with Gasteiger partial charge in [-0.15, -0.1) is 0 Å². The minimum Gasteiger partial charge on any atom is -0.288 e. The molecule has 1 heterocycles. The molecular formula is C13H19NO4S2. The van der Waals surface area contributed by atoms with E-state index in [0.29, 0.717) is 6.42 Å². The van der Waals surface area contributed by atoms with Crippen molar-refractivity contribution in [1.82, 2.24) is 4.98 Å². The normalized spacial score (nSPS) is 13.1. The average molecular weight is 317 g/mol. The monoisotopic (exact) mass is 317 g/mol. The Labute approximate surface area is 124 Å². The van der Waals surface area contributed by atoms with E-state index in [2.05, 4.69) is 4.98 Å². The molecule has 0 N–H and O–H groups in total. The summed E-state index contributed by atoms with van der Waals surface area (Å²) >= 11 is 1.28. The number of nitrogens with zero attached hydrogens (tertiary/aromatic N) is 1. The van der Waals surface area contributed by atoms with Crippen LogP contribution in [0.15, 0.2) is 24.5 Å². The molecule has 1 aromatic heterocycles. The molecule has 0 saturated carbocycles. The van der Waals surface area contributed by atoms with Crippen LogP contribution in [0.4, 0.5) is 0 Å². The highest BCUT2D eigenvalue weighted by molar-refractivity contribution is 8.13. The fraction of sp³-hybridized carbons (Fsp3) is 0.538. The standard InChI is InChI=1S/C13H19NO4S2/c1-11(15)19-9-4-3-7-13(18-20(2,16)17)12-6-5-8-14-10-12/h5-6,8,10,13H,3-4,7,9H2,1-2H3/t13-/m1/s1. The van der Waals surface area contributed by atoms with E-state index < -0.39 is 16.2 Å². The molecule has 1 rings (SSSR count). The van der Waals surface area contributed by atoms with Crippen LogP contribution >= 0.6 is 11.8 Å². The molecule has 0 bridgehead atoms. The molecule has 0 aromatic carbocycles. The second kappa shape index (κ2) is 8.39. The van der Waals surface area contributed by atoms with Crippen LogP contribution in [0, 0.1) is 0 Å². The highest BCUT2D eigenvalue weighted by Gasteiger charge is 2.17. The van der Waals surface area contributed by atoms with Crippen LogP contribution in [0.5, 0.6) is 0 Å². The third-order valence-electron chi connectivity index (χ3n) is 2.51. The minimum atomic E-state index is -3.51. The van der Waals surface area contributed by atoms with E-state index in [4.69, 9.17) is 4.18 Å². The van der Waals surface area contributed by atoms with Crippen LogP contribution in [0.1, 0.15) is 37.9 Å². The molecule has 0 aliphatic heterocycles. The summed E-state index contributed by atoms with van der Waals surface area (Å²) in [6.45, 7) is 1.54. The largest absolute Gasteiger partial charge is 0.288 e. The van der Waals surface area contributed by atoms with Gasteiger partial charge in [-0.05, 0) is 25.3 Å². The van der Waals surface area contributed by atoms with Gasteiger partial charge >= 0.3 is 0 Å².